The van der Waals surface area contributed by atoms with Gasteiger partial charge in [0.15, 0.2) is 0 Å². The van der Waals surface area contributed by atoms with Crippen LogP contribution in [0.15, 0.2) is 23.1 Å². The smallest absolute Gasteiger partial charge is 0.0228 e. The molecule has 0 unspecified atom stereocenters. The minimum atomic E-state index is 1.10. The summed E-state index contributed by atoms with van der Waals surface area (Å²) in [5.74, 6) is 0. The van der Waals surface area contributed by atoms with Crippen molar-refractivity contribution in [2.75, 3.05) is 0 Å². The summed E-state index contributed by atoms with van der Waals surface area (Å²) in [7, 11) is 0. The molecular formula is C11H19NS. The van der Waals surface area contributed by atoms with Crippen LogP contribution in [0.1, 0.15) is 31.9 Å². The van der Waals surface area contributed by atoms with Crippen LogP contribution in [0.4, 0.5) is 0 Å². The van der Waals surface area contributed by atoms with E-state index in [4.69, 9.17) is 5.14 Å². The van der Waals surface area contributed by atoms with Gasteiger partial charge in [0.1, 0.15) is 0 Å². The Morgan fingerprint density at radius 1 is 1.31 bits per heavy atom. The zero-order valence-corrected chi connectivity index (χ0v) is 9.74. The third kappa shape index (κ3) is 3.83. The van der Waals surface area contributed by atoms with Crippen molar-refractivity contribution in [1.29, 1.82) is 0 Å². The Morgan fingerprint density at radius 3 is 2.31 bits per heavy atom. The molecule has 0 aromatic heterocycles. The second kappa shape index (κ2) is 6.98. The van der Waals surface area contributed by atoms with Crippen LogP contribution in [0, 0.1) is 6.92 Å². The summed E-state index contributed by atoms with van der Waals surface area (Å²) >= 11 is 1.30. The summed E-state index contributed by atoms with van der Waals surface area (Å²) in [6.07, 6.45) is 1.10. The van der Waals surface area contributed by atoms with Crippen molar-refractivity contribution in [2.45, 2.75) is 39.0 Å². The lowest BCUT2D eigenvalue weighted by Gasteiger charge is -2.03. The van der Waals surface area contributed by atoms with E-state index in [1.807, 2.05) is 13.8 Å². The van der Waals surface area contributed by atoms with Gasteiger partial charge in [0, 0.05) is 4.90 Å². The lowest BCUT2D eigenvalue weighted by molar-refractivity contribution is 1.10. The molecule has 13 heavy (non-hydrogen) atoms. The molecule has 0 amide bonds. The highest BCUT2D eigenvalue weighted by molar-refractivity contribution is 7.97. The Balaban J connectivity index is 0.000000671. The van der Waals surface area contributed by atoms with Crippen molar-refractivity contribution >= 4 is 11.9 Å². The van der Waals surface area contributed by atoms with E-state index in [1.165, 1.54) is 23.1 Å². The van der Waals surface area contributed by atoms with Gasteiger partial charge < -0.3 is 0 Å². The van der Waals surface area contributed by atoms with E-state index >= 15 is 0 Å². The second-order valence-corrected chi connectivity index (χ2v) is 3.27. The van der Waals surface area contributed by atoms with Gasteiger partial charge >= 0.3 is 0 Å². The van der Waals surface area contributed by atoms with Crippen LogP contribution >= 0.6 is 11.9 Å². The molecule has 1 nitrogen and oxygen atoms in total. The monoisotopic (exact) mass is 197 g/mol. The number of aryl methyl sites for hydroxylation is 2. The standard InChI is InChI=1S/C9H13NS.C2H6/c1-3-8-4-5-9(11-10)6-7(8)2;1-2/h4-6H,3,10H2,1-2H3;1-2H3. The summed E-state index contributed by atoms with van der Waals surface area (Å²) in [5.41, 5.74) is 2.74. The maximum Gasteiger partial charge on any atom is 0.0228 e. The first-order valence-corrected chi connectivity index (χ1v) is 5.62. The predicted molar refractivity (Wildman–Crippen MR) is 61.9 cm³/mol. The maximum atomic E-state index is 5.43. The average Bonchev–Trinajstić information content (AvgIpc) is 2.20. The Labute approximate surface area is 85.9 Å². The highest BCUT2D eigenvalue weighted by Gasteiger charge is 1.96. The van der Waals surface area contributed by atoms with E-state index in [0.717, 1.165) is 11.3 Å². The van der Waals surface area contributed by atoms with Crippen molar-refractivity contribution < 1.29 is 0 Å². The summed E-state index contributed by atoms with van der Waals surface area (Å²) in [6, 6.07) is 6.34. The van der Waals surface area contributed by atoms with Gasteiger partial charge in [-0.05, 0) is 48.6 Å². The molecule has 0 aliphatic heterocycles. The van der Waals surface area contributed by atoms with Gasteiger partial charge in [-0.3, -0.25) is 5.14 Å². The molecule has 0 aliphatic rings. The summed E-state index contributed by atoms with van der Waals surface area (Å²) in [6.45, 7) is 8.29. The molecule has 1 rings (SSSR count). The Hall–Kier alpha value is -0.470. The van der Waals surface area contributed by atoms with Gasteiger partial charge in [-0.1, -0.05) is 26.8 Å². The first-order valence-electron chi connectivity index (χ1n) is 4.74. The fourth-order valence-corrected chi connectivity index (χ4v) is 1.53. The van der Waals surface area contributed by atoms with Crippen LogP contribution in [-0.2, 0) is 6.42 Å². The van der Waals surface area contributed by atoms with Crippen molar-refractivity contribution in [3.8, 4) is 0 Å². The average molecular weight is 197 g/mol. The van der Waals surface area contributed by atoms with E-state index in [1.54, 1.807) is 0 Å². The molecule has 0 radical (unpaired) electrons. The quantitative estimate of drug-likeness (QED) is 0.734. The number of nitrogens with two attached hydrogens (primary N) is 1. The first-order chi connectivity index (χ1) is 6.27. The molecule has 0 heterocycles. The molecule has 1 aromatic carbocycles. The summed E-state index contributed by atoms with van der Waals surface area (Å²) in [5, 5.41) is 5.43. The number of hydrogen-bond donors (Lipinski definition) is 1. The van der Waals surface area contributed by atoms with Crippen LogP contribution in [0.5, 0.6) is 0 Å². The maximum absolute atomic E-state index is 5.43. The number of benzene rings is 1. The van der Waals surface area contributed by atoms with Crippen molar-refractivity contribution in [3.05, 3.63) is 29.3 Å². The van der Waals surface area contributed by atoms with Gasteiger partial charge in [-0.15, -0.1) is 0 Å². The molecule has 2 heteroatoms. The molecule has 74 valence electrons. The minimum absolute atomic E-state index is 1.10. The third-order valence-electron chi connectivity index (χ3n) is 1.83. The van der Waals surface area contributed by atoms with Crippen LogP contribution in [0.3, 0.4) is 0 Å². The van der Waals surface area contributed by atoms with Crippen LogP contribution in [0.25, 0.3) is 0 Å². The highest BCUT2D eigenvalue weighted by atomic mass is 32.2. The molecule has 0 aliphatic carbocycles. The van der Waals surface area contributed by atoms with Crippen LogP contribution in [-0.4, -0.2) is 0 Å². The molecule has 2 N–H and O–H groups in total. The van der Waals surface area contributed by atoms with Crippen LogP contribution < -0.4 is 5.14 Å². The molecule has 0 spiro atoms. The number of hydrogen-bond acceptors (Lipinski definition) is 2. The Bertz CT molecular complexity index is 246. The molecule has 0 atom stereocenters. The van der Waals surface area contributed by atoms with E-state index in [-0.39, 0.29) is 0 Å². The largest absolute Gasteiger partial charge is 0.274 e. The summed E-state index contributed by atoms with van der Waals surface area (Å²) < 4.78 is 0. The van der Waals surface area contributed by atoms with Gasteiger partial charge in [0.2, 0.25) is 0 Å². The molecule has 0 saturated carbocycles. The Morgan fingerprint density at radius 2 is 1.92 bits per heavy atom. The minimum Gasteiger partial charge on any atom is -0.274 e. The normalized spacial score (nSPS) is 9.00. The van der Waals surface area contributed by atoms with Crippen molar-refractivity contribution in [2.24, 2.45) is 5.14 Å². The van der Waals surface area contributed by atoms with Gasteiger partial charge in [0.05, 0.1) is 0 Å². The zero-order chi connectivity index (χ0) is 10.3. The molecule has 1 aromatic rings. The van der Waals surface area contributed by atoms with Gasteiger partial charge in [0.25, 0.3) is 0 Å². The lowest BCUT2D eigenvalue weighted by Crippen LogP contribution is -1.87. The fourth-order valence-electron chi connectivity index (χ4n) is 1.14. The second-order valence-electron chi connectivity index (χ2n) is 2.56. The van der Waals surface area contributed by atoms with E-state index < -0.39 is 0 Å². The molecule has 0 saturated heterocycles. The molecule has 0 bridgehead atoms. The SMILES string of the molecule is CC.CCc1ccc(SN)cc1C. The predicted octanol–water partition coefficient (Wildman–Crippen LogP) is 3.55. The highest BCUT2D eigenvalue weighted by Crippen LogP contribution is 2.17. The third-order valence-corrected chi connectivity index (χ3v) is 2.36. The van der Waals surface area contributed by atoms with E-state index in [2.05, 4.69) is 32.0 Å². The van der Waals surface area contributed by atoms with Crippen LogP contribution in [0.2, 0.25) is 0 Å². The lowest BCUT2D eigenvalue weighted by atomic mass is 10.1. The fraction of sp³-hybridized carbons (Fsp3) is 0.455. The van der Waals surface area contributed by atoms with Crippen molar-refractivity contribution in [1.82, 2.24) is 0 Å². The van der Waals surface area contributed by atoms with Crippen molar-refractivity contribution in [3.63, 3.8) is 0 Å². The number of rotatable bonds is 2. The molecule has 0 fully saturated rings. The molecular weight excluding hydrogens is 178 g/mol. The first kappa shape index (κ1) is 12.5. The van der Waals surface area contributed by atoms with E-state index in [0.29, 0.717) is 0 Å². The van der Waals surface area contributed by atoms with Gasteiger partial charge in [-0.25, -0.2) is 0 Å². The summed E-state index contributed by atoms with van der Waals surface area (Å²) in [4.78, 5) is 1.14. The topological polar surface area (TPSA) is 26.0 Å². The zero-order valence-electron chi connectivity index (χ0n) is 8.92. The van der Waals surface area contributed by atoms with Gasteiger partial charge in [-0.2, -0.15) is 0 Å². The Kier molecular flexibility index (Phi) is 6.73. The van der Waals surface area contributed by atoms with E-state index in [9.17, 15) is 0 Å².